The number of aryl methyl sites for hydroxylation is 1. The van der Waals surface area contributed by atoms with Crippen LogP contribution < -0.4 is 4.90 Å². The average Bonchev–Trinajstić information content (AvgIpc) is 3.20. The molecule has 1 saturated heterocycles. The number of oxazole rings is 1. The predicted octanol–water partition coefficient (Wildman–Crippen LogP) is 1.48. The van der Waals surface area contributed by atoms with E-state index in [1.54, 1.807) is 18.0 Å². The highest BCUT2D eigenvalue weighted by atomic mass is 16.5. The lowest BCUT2D eigenvalue weighted by molar-refractivity contribution is 0.0743. The van der Waals surface area contributed by atoms with E-state index in [0.29, 0.717) is 49.2 Å². The number of carbonyl (C=O) groups is 1. The molecule has 4 rings (SSSR count). The summed E-state index contributed by atoms with van der Waals surface area (Å²) in [5, 5.41) is 3.66. The number of hydrogen-bond donors (Lipinski definition) is 0. The van der Waals surface area contributed by atoms with Crippen molar-refractivity contribution in [2.45, 2.75) is 6.92 Å². The van der Waals surface area contributed by atoms with Crippen LogP contribution in [0, 0.1) is 6.92 Å². The lowest BCUT2D eigenvalue weighted by atomic mass is 10.2. The van der Waals surface area contributed by atoms with E-state index >= 15 is 0 Å². The Morgan fingerprint density at radius 3 is 2.78 bits per heavy atom. The molecule has 0 bridgehead atoms. The van der Waals surface area contributed by atoms with E-state index in [2.05, 4.69) is 15.1 Å². The van der Waals surface area contributed by atoms with Crippen molar-refractivity contribution in [2.24, 2.45) is 0 Å². The summed E-state index contributed by atoms with van der Waals surface area (Å²) < 4.78 is 10.6. The van der Waals surface area contributed by atoms with Gasteiger partial charge in [-0.05, 0) is 19.1 Å². The third-order valence-corrected chi connectivity index (χ3v) is 3.97. The van der Waals surface area contributed by atoms with Gasteiger partial charge in [0.05, 0.1) is 6.20 Å². The highest BCUT2D eigenvalue weighted by Crippen LogP contribution is 2.21. The number of nitrogens with zero attached hydrogens (tertiary/aromatic N) is 5. The molecule has 0 N–H and O–H groups in total. The van der Waals surface area contributed by atoms with Crippen molar-refractivity contribution in [1.29, 1.82) is 0 Å². The smallest absolute Gasteiger partial charge is 0.299 e. The molecule has 3 aromatic heterocycles. The quantitative estimate of drug-likeness (QED) is 0.708. The normalized spacial score (nSPS) is 15.3. The van der Waals surface area contributed by atoms with Gasteiger partial charge in [-0.2, -0.15) is 4.98 Å². The predicted molar refractivity (Wildman–Crippen MR) is 81.2 cm³/mol. The summed E-state index contributed by atoms with van der Waals surface area (Å²) >= 11 is 0. The second-order valence-corrected chi connectivity index (χ2v) is 5.40. The monoisotopic (exact) mass is 313 g/mol. The van der Waals surface area contributed by atoms with E-state index in [0.717, 1.165) is 5.52 Å². The first kappa shape index (κ1) is 13.7. The van der Waals surface area contributed by atoms with E-state index in [9.17, 15) is 4.79 Å². The van der Waals surface area contributed by atoms with Gasteiger partial charge < -0.3 is 18.7 Å². The minimum absolute atomic E-state index is 0.0531. The zero-order chi connectivity index (χ0) is 15.8. The van der Waals surface area contributed by atoms with Gasteiger partial charge in [0.15, 0.2) is 0 Å². The third kappa shape index (κ3) is 2.41. The Morgan fingerprint density at radius 2 is 2.09 bits per heavy atom. The highest BCUT2D eigenvalue weighted by molar-refractivity contribution is 5.94. The van der Waals surface area contributed by atoms with Crippen LogP contribution in [0.4, 0.5) is 6.01 Å². The molecule has 118 valence electrons. The van der Waals surface area contributed by atoms with Crippen molar-refractivity contribution < 1.29 is 13.7 Å². The minimum atomic E-state index is -0.0531. The maximum Gasteiger partial charge on any atom is 0.299 e. The van der Waals surface area contributed by atoms with E-state index < -0.39 is 0 Å². The molecule has 0 spiro atoms. The summed E-state index contributed by atoms with van der Waals surface area (Å²) in [6, 6.07) is 4.24. The van der Waals surface area contributed by atoms with Gasteiger partial charge in [0, 0.05) is 32.4 Å². The third-order valence-electron chi connectivity index (χ3n) is 3.97. The first-order valence-electron chi connectivity index (χ1n) is 7.39. The molecule has 1 fully saturated rings. The van der Waals surface area contributed by atoms with Crippen LogP contribution in [0.2, 0.25) is 0 Å². The van der Waals surface area contributed by atoms with Crippen molar-refractivity contribution in [1.82, 2.24) is 20.0 Å². The Kier molecular flexibility index (Phi) is 3.22. The fourth-order valence-corrected chi connectivity index (χ4v) is 2.67. The fourth-order valence-electron chi connectivity index (χ4n) is 2.67. The number of pyridine rings is 1. The number of fused-ring (bicyclic) bond motifs is 1. The van der Waals surface area contributed by atoms with Gasteiger partial charge in [0.25, 0.3) is 11.9 Å². The number of hydrogen-bond acceptors (Lipinski definition) is 7. The van der Waals surface area contributed by atoms with Crippen molar-refractivity contribution in [3.8, 4) is 0 Å². The Hall–Kier alpha value is -2.90. The average molecular weight is 313 g/mol. The summed E-state index contributed by atoms with van der Waals surface area (Å²) in [4.78, 5) is 24.8. The standard InChI is InChI=1S/C15H15N5O3/c1-10-11(9-17-23-10)14(21)19-5-7-20(8-6-19)15-18-12-3-2-4-16-13(12)22-15/h2-4,9H,5-8H2,1H3. The molecule has 8 nitrogen and oxygen atoms in total. The molecule has 8 heteroatoms. The van der Waals surface area contributed by atoms with Crippen molar-refractivity contribution in [2.75, 3.05) is 31.1 Å². The van der Waals surface area contributed by atoms with Crippen molar-refractivity contribution in [3.63, 3.8) is 0 Å². The highest BCUT2D eigenvalue weighted by Gasteiger charge is 2.26. The van der Waals surface area contributed by atoms with Gasteiger partial charge in [0.2, 0.25) is 5.71 Å². The topological polar surface area (TPSA) is 88.5 Å². The Balaban J connectivity index is 1.46. The summed E-state index contributed by atoms with van der Waals surface area (Å²) in [6.07, 6.45) is 3.14. The van der Waals surface area contributed by atoms with Gasteiger partial charge in [-0.1, -0.05) is 5.16 Å². The zero-order valence-electron chi connectivity index (χ0n) is 12.6. The number of piperazine rings is 1. The molecule has 1 aliphatic rings. The molecule has 0 unspecified atom stereocenters. The van der Waals surface area contributed by atoms with Crippen LogP contribution >= 0.6 is 0 Å². The van der Waals surface area contributed by atoms with Gasteiger partial charge in [-0.15, -0.1) is 0 Å². The fraction of sp³-hybridized carbons (Fsp3) is 0.333. The van der Waals surface area contributed by atoms with E-state index in [-0.39, 0.29) is 5.91 Å². The Labute approximate surface area is 131 Å². The van der Waals surface area contributed by atoms with Crippen LogP contribution in [0.5, 0.6) is 0 Å². The summed E-state index contributed by atoms with van der Waals surface area (Å²) in [6.45, 7) is 4.23. The zero-order valence-corrected chi connectivity index (χ0v) is 12.6. The molecule has 0 aromatic carbocycles. The van der Waals surface area contributed by atoms with Crippen molar-refractivity contribution >= 4 is 23.2 Å². The first-order chi connectivity index (χ1) is 11.2. The van der Waals surface area contributed by atoms with E-state index in [1.807, 2.05) is 17.0 Å². The lowest BCUT2D eigenvalue weighted by Gasteiger charge is -2.33. The minimum Gasteiger partial charge on any atom is -0.404 e. The summed E-state index contributed by atoms with van der Waals surface area (Å²) in [5.74, 6) is 0.491. The summed E-state index contributed by atoms with van der Waals surface area (Å²) in [7, 11) is 0. The van der Waals surface area contributed by atoms with Gasteiger partial charge >= 0.3 is 0 Å². The lowest BCUT2D eigenvalue weighted by Crippen LogP contribution is -2.49. The molecule has 1 aliphatic heterocycles. The molecule has 3 aromatic rings. The molecule has 1 amide bonds. The molecule has 4 heterocycles. The number of carbonyl (C=O) groups excluding carboxylic acids is 1. The molecule has 0 atom stereocenters. The van der Waals surface area contributed by atoms with Crippen LogP contribution in [0.3, 0.4) is 0 Å². The molecular weight excluding hydrogens is 298 g/mol. The number of amides is 1. The molecule has 0 radical (unpaired) electrons. The Bertz CT molecular complexity index is 815. The Morgan fingerprint density at radius 1 is 1.26 bits per heavy atom. The number of aromatic nitrogens is 3. The van der Waals surface area contributed by atoms with Crippen LogP contribution in [0.15, 0.2) is 33.5 Å². The van der Waals surface area contributed by atoms with E-state index in [1.165, 1.54) is 6.20 Å². The van der Waals surface area contributed by atoms with Crippen LogP contribution in [0.25, 0.3) is 11.2 Å². The molecule has 23 heavy (non-hydrogen) atoms. The summed E-state index contributed by atoms with van der Waals surface area (Å²) in [5.41, 5.74) is 1.78. The number of anilines is 1. The van der Waals surface area contributed by atoms with Crippen LogP contribution in [0.1, 0.15) is 16.1 Å². The van der Waals surface area contributed by atoms with E-state index in [4.69, 9.17) is 8.94 Å². The maximum absolute atomic E-state index is 12.4. The maximum atomic E-state index is 12.4. The number of rotatable bonds is 2. The second-order valence-electron chi connectivity index (χ2n) is 5.40. The SMILES string of the molecule is Cc1oncc1C(=O)N1CCN(c2nc3cccnc3o2)CC1. The van der Waals surface area contributed by atoms with Gasteiger partial charge in [-0.3, -0.25) is 4.79 Å². The van der Waals surface area contributed by atoms with Gasteiger partial charge in [-0.25, -0.2) is 4.98 Å². The van der Waals surface area contributed by atoms with Gasteiger partial charge in [0.1, 0.15) is 16.8 Å². The first-order valence-corrected chi connectivity index (χ1v) is 7.39. The molecule has 0 saturated carbocycles. The largest absolute Gasteiger partial charge is 0.404 e. The second kappa shape index (κ2) is 5.38. The van der Waals surface area contributed by atoms with Crippen molar-refractivity contribution in [3.05, 3.63) is 35.9 Å². The van der Waals surface area contributed by atoms with Crippen LogP contribution in [-0.2, 0) is 0 Å². The molecule has 0 aliphatic carbocycles. The molecular formula is C15H15N5O3. The van der Waals surface area contributed by atoms with Crippen LogP contribution in [-0.4, -0.2) is 52.1 Å².